The fourth-order valence-corrected chi connectivity index (χ4v) is 4.63. The first-order chi connectivity index (χ1) is 11.4. The first-order valence-corrected chi connectivity index (χ1v) is 12.0. The standard InChI is InChI=1S/C22H25NSi/c1-16-11-12-19(17(2)13-16)21-14-20(18-9-7-6-8-10-18)22(15-23-21)24(3,4)5/h6-15H,1-5H3. The van der Waals surface area contributed by atoms with E-state index in [-0.39, 0.29) is 0 Å². The average molecular weight is 332 g/mol. The first-order valence-electron chi connectivity index (χ1n) is 8.50. The molecule has 2 heteroatoms. The Hall–Kier alpha value is -2.19. The molecule has 3 aromatic rings. The van der Waals surface area contributed by atoms with Gasteiger partial charge in [-0.15, -0.1) is 0 Å². The summed E-state index contributed by atoms with van der Waals surface area (Å²) in [5.74, 6) is 0. The van der Waals surface area contributed by atoms with E-state index in [1.165, 1.54) is 33.0 Å². The smallest absolute Gasteiger partial charge is 0.0804 e. The molecule has 0 amide bonds. The number of hydrogen-bond acceptors (Lipinski definition) is 1. The number of pyridine rings is 1. The van der Waals surface area contributed by atoms with Gasteiger partial charge in [0, 0.05) is 11.8 Å². The van der Waals surface area contributed by atoms with Gasteiger partial charge in [-0.1, -0.05) is 73.7 Å². The Morgan fingerprint density at radius 2 is 1.50 bits per heavy atom. The molecule has 0 spiro atoms. The van der Waals surface area contributed by atoms with Crippen molar-refractivity contribution >= 4 is 13.3 Å². The van der Waals surface area contributed by atoms with Crippen molar-refractivity contribution in [3.05, 3.63) is 71.9 Å². The molecule has 0 bridgehead atoms. The molecule has 122 valence electrons. The lowest BCUT2D eigenvalue weighted by atomic mass is 9.99. The fraction of sp³-hybridized carbons (Fsp3) is 0.227. The zero-order valence-corrected chi connectivity index (χ0v) is 16.2. The summed E-state index contributed by atoms with van der Waals surface area (Å²) < 4.78 is 0. The Morgan fingerprint density at radius 1 is 0.792 bits per heavy atom. The third kappa shape index (κ3) is 3.34. The number of aromatic nitrogens is 1. The van der Waals surface area contributed by atoms with Gasteiger partial charge in [0.25, 0.3) is 0 Å². The molecule has 0 atom stereocenters. The van der Waals surface area contributed by atoms with Crippen molar-refractivity contribution in [2.75, 3.05) is 0 Å². The van der Waals surface area contributed by atoms with Gasteiger partial charge >= 0.3 is 0 Å². The molecule has 3 rings (SSSR count). The molecule has 0 aliphatic carbocycles. The molecule has 0 saturated carbocycles. The van der Waals surface area contributed by atoms with Gasteiger partial charge in [0.2, 0.25) is 0 Å². The van der Waals surface area contributed by atoms with Crippen LogP contribution in [-0.4, -0.2) is 13.1 Å². The molecular weight excluding hydrogens is 306 g/mol. The summed E-state index contributed by atoms with van der Waals surface area (Å²) >= 11 is 0. The predicted molar refractivity (Wildman–Crippen MR) is 108 cm³/mol. The number of rotatable bonds is 3. The summed E-state index contributed by atoms with van der Waals surface area (Å²) in [5, 5.41) is 1.42. The molecule has 0 unspecified atom stereocenters. The van der Waals surface area contributed by atoms with Crippen molar-refractivity contribution in [1.29, 1.82) is 0 Å². The van der Waals surface area contributed by atoms with Gasteiger partial charge in [0.15, 0.2) is 0 Å². The summed E-state index contributed by atoms with van der Waals surface area (Å²) in [6, 6.07) is 19.6. The topological polar surface area (TPSA) is 12.9 Å². The van der Waals surface area contributed by atoms with Gasteiger partial charge in [-0.05, 0) is 41.8 Å². The lowest BCUT2D eigenvalue weighted by molar-refractivity contribution is 1.30. The molecule has 0 fully saturated rings. The Morgan fingerprint density at radius 3 is 2.12 bits per heavy atom. The van der Waals surface area contributed by atoms with E-state index in [1.807, 2.05) is 0 Å². The monoisotopic (exact) mass is 331 g/mol. The third-order valence-corrected chi connectivity index (χ3v) is 6.47. The molecular formula is C22H25NSi. The van der Waals surface area contributed by atoms with Gasteiger partial charge < -0.3 is 0 Å². The summed E-state index contributed by atoms with van der Waals surface area (Å²) in [6.45, 7) is 11.4. The summed E-state index contributed by atoms with van der Waals surface area (Å²) in [6.07, 6.45) is 2.11. The van der Waals surface area contributed by atoms with E-state index < -0.39 is 8.07 Å². The zero-order valence-electron chi connectivity index (χ0n) is 15.2. The lowest BCUT2D eigenvalue weighted by Crippen LogP contribution is -2.39. The first kappa shape index (κ1) is 16.7. The van der Waals surface area contributed by atoms with Crippen molar-refractivity contribution in [2.45, 2.75) is 33.5 Å². The SMILES string of the molecule is Cc1ccc(-c2cc(-c3ccccc3)c([Si](C)(C)C)cn2)c(C)c1. The molecule has 1 heterocycles. The maximum atomic E-state index is 4.83. The second kappa shape index (κ2) is 6.37. The number of aryl methyl sites for hydroxylation is 2. The molecule has 0 N–H and O–H groups in total. The summed E-state index contributed by atoms with van der Waals surface area (Å²) in [7, 11) is -1.47. The van der Waals surface area contributed by atoms with E-state index in [0.717, 1.165) is 5.69 Å². The van der Waals surface area contributed by atoms with Crippen LogP contribution < -0.4 is 5.19 Å². The minimum absolute atomic E-state index is 1.06. The van der Waals surface area contributed by atoms with E-state index in [2.05, 4.69) is 94.3 Å². The molecule has 2 aromatic carbocycles. The molecule has 0 aliphatic heterocycles. The summed E-state index contributed by atoms with van der Waals surface area (Å²) in [5.41, 5.74) is 7.47. The van der Waals surface area contributed by atoms with Crippen LogP contribution in [0.3, 0.4) is 0 Å². The highest BCUT2D eigenvalue weighted by atomic mass is 28.3. The van der Waals surface area contributed by atoms with Gasteiger partial charge in [-0.2, -0.15) is 0 Å². The van der Waals surface area contributed by atoms with Crippen LogP contribution in [0.2, 0.25) is 19.6 Å². The molecule has 0 radical (unpaired) electrons. The van der Waals surface area contributed by atoms with E-state index >= 15 is 0 Å². The highest BCUT2D eigenvalue weighted by Gasteiger charge is 2.22. The second-order valence-electron chi connectivity index (χ2n) is 7.55. The predicted octanol–water partition coefficient (Wildman–Crippen LogP) is 5.58. The highest BCUT2D eigenvalue weighted by Crippen LogP contribution is 2.27. The van der Waals surface area contributed by atoms with Gasteiger partial charge in [-0.25, -0.2) is 0 Å². The minimum Gasteiger partial charge on any atom is -0.256 e. The Bertz CT molecular complexity index is 861. The Kier molecular flexibility index (Phi) is 4.42. The van der Waals surface area contributed by atoms with Crippen LogP contribution in [0, 0.1) is 13.8 Å². The molecule has 24 heavy (non-hydrogen) atoms. The quantitative estimate of drug-likeness (QED) is 0.571. The van der Waals surface area contributed by atoms with E-state index in [0.29, 0.717) is 0 Å². The van der Waals surface area contributed by atoms with Crippen molar-refractivity contribution in [2.24, 2.45) is 0 Å². The molecule has 1 aromatic heterocycles. The van der Waals surface area contributed by atoms with Crippen molar-refractivity contribution in [3.8, 4) is 22.4 Å². The van der Waals surface area contributed by atoms with Crippen LogP contribution in [-0.2, 0) is 0 Å². The van der Waals surface area contributed by atoms with Crippen LogP contribution in [0.25, 0.3) is 22.4 Å². The largest absolute Gasteiger partial charge is 0.256 e. The van der Waals surface area contributed by atoms with Crippen LogP contribution in [0.5, 0.6) is 0 Å². The number of nitrogens with zero attached hydrogens (tertiary/aromatic N) is 1. The fourth-order valence-electron chi connectivity index (χ4n) is 3.16. The van der Waals surface area contributed by atoms with Crippen LogP contribution in [0.1, 0.15) is 11.1 Å². The average Bonchev–Trinajstić information content (AvgIpc) is 2.54. The summed E-state index contributed by atoms with van der Waals surface area (Å²) in [4.78, 5) is 4.83. The molecule has 1 nitrogen and oxygen atoms in total. The maximum Gasteiger partial charge on any atom is 0.0804 e. The molecule has 0 saturated heterocycles. The van der Waals surface area contributed by atoms with Gasteiger partial charge in [-0.3, -0.25) is 4.98 Å². The van der Waals surface area contributed by atoms with Gasteiger partial charge in [0.05, 0.1) is 13.8 Å². The van der Waals surface area contributed by atoms with Crippen molar-refractivity contribution < 1.29 is 0 Å². The van der Waals surface area contributed by atoms with E-state index in [9.17, 15) is 0 Å². The maximum absolute atomic E-state index is 4.83. The normalized spacial score (nSPS) is 11.5. The van der Waals surface area contributed by atoms with Crippen LogP contribution in [0.4, 0.5) is 0 Å². The Balaban J connectivity index is 2.21. The van der Waals surface area contributed by atoms with Gasteiger partial charge in [0.1, 0.15) is 0 Å². The van der Waals surface area contributed by atoms with Crippen molar-refractivity contribution in [1.82, 2.24) is 4.98 Å². The zero-order chi connectivity index (χ0) is 17.3. The Labute approximate surface area is 146 Å². The second-order valence-corrected chi connectivity index (χ2v) is 12.6. The minimum atomic E-state index is -1.47. The molecule has 0 aliphatic rings. The highest BCUT2D eigenvalue weighted by molar-refractivity contribution is 6.89. The van der Waals surface area contributed by atoms with Crippen LogP contribution >= 0.6 is 0 Å². The number of benzene rings is 2. The third-order valence-electron chi connectivity index (χ3n) is 4.45. The number of hydrogen-bond donors (Lipinski definition) is 0. The van der Waals surface area contributed by atoms with Crippen LogP contribution in [0.15, 0.2) is 60.8 Å². The van der Waals surface area contributed by atoms with Crippen molar-refractivity contribution in [3.63, 3.8) is 0 Å². The lowest BCUT2D eigenvalue weighted by Gasteiger charge is -2.22. The van der Waals surface area contributed by atoms with E-state index in [4.69, 9.17) is 4.98 Å². The van der Waals surface area contributed by atoms with E-state index in [1.54, 1.807) is 0 Å².